The first-order valence-corrected chi connectivity index (χ1v) is 16.3. The molecule has 8 nitrogen and oxygen atoms in total. The molecule has 0 bridgehead atoms. The van der Waals surface area contributed by atoms with Crippen molar-refractivity contribution in [3.05, 3.63) is 59.2 Å². The van der Waals surface area contributed by atoms with Crippen LogP contribution in [0.3, 0.4) is 0 Å². The summed E-state index contributed by atoms with van der Waals surface area (Å²) in [5.74, 6) is -4.56. The van der Waals surface area contributed by atoms with E-state index in [1.807, 2.05) is 13.8 Å². The molecule has 0 radical (unpaired) electrons. The van der Waals surface area contributed by atoms with E-state index in [-0.39, 0.29) is 18.8 Å². The molecule has 44 heavy (non-hydrogen) atoms. The van der Waals surface area contributed by atoms with Crippen LogP contribution in [0.4, 0.5) is 0 Å². The number of esters is 2. The summed E-state index contributed by atoms with van der Waals surface area (Å²) in [6.45, 7) is 9.02. The molecule has 4 aliphatic carbocycles. The van der Waals surface area contributed by atoms with E-state index in [1.54, 1.807) is 56.3 Å². The fourth-order valence-corrected chi connectivity index (χ4v) is 8.87. The van der Waals surface area contributed by atoms with Crippen LogP contribution in [-0.2, 0) is 19.1 Å². The van der Waals surface area contributed by atoms with Crippen molar-refractivity contribution in [1.29, 1.82) is 0 Å². The summed E-state index contributed by atoms with van der Waals surface area (Å²) in [5, 5.41) is 35.1. The number of ketones is 1. The van der Waals surface area contributed by atoms with Crippen LogP contribution in [0, 0.1) is 29.1 Å². The molecule has 0 heterocycles. The van der Waals surface area contributed by atoms with Gasteiger partial charge in [-0.1, -0.05) is 90.2 Å². The summed E-state index contributed by atoms with van der Waals surface area (Å²) in [6, 6.07) is 8.54. The molecule has 8 heteroatoms. The van der Waals surface area contributed by atoms with Gasteiger partial charge in [0.15, 0.2) is 11.4 Å². The van der Waals surface area contributed by atoms with Crippen molar-refractivity contribution < 1.29 is 39.2 Å². The van der Waals surface area contributed by atoms with Crippen LogP contribution in [0.15, 0.2) is 53.6 Å². The Bertz CT molecular complexity index is 1350. The zero-order valence-electron chi connectivity index (χ0n) is 26.7. The monoisotopic (exact) mass is 608 g/mol. The lowest BCUT2D eigenvalue weighted by atomic mass is 9.59. The standard InChI is InChI=1S/C36H48O8/c1-6-7-8-9-10-14-17-28(38)44-36-29(33(36,4)5)26-19-24(21-37)20-34(41)27(18-22(2)30(34)39)35(26,42)23(3)31(36)43-32(40)25-15-12-11-13-16-25/h11-13,15-16,18-19,23,26-27,29,31,37,41-42H,6-10,14,17,20-21H2,1-5H3/t23-,26+,27-,29-,31-,34-,35-,36-/m1/s1. The number of unbranched alkanes of at least 4 members (excludes halogenated alkanes) is 5. The summed E-state index contributed by atoms with van der Waals surface area (Å²) in [5.41, 5.74) is -4.61. The number of aliphatic hydroxyl groups is 3. The van der Waals surface area contributed by atoms with Gasteiger partial charge in [-0.15, -0.1) is 0 Å². The van der Waals surface area contributed by atoms with Crippen molar-refractivity contribution in [3.8, 4) is 0 Å². The maximum atomic E-state index is 13.6. The molecule has 2 fully saturated rings. The summed E-state index contributed by atoms with van der Waals surface area (Å²) in [7, 11) is 0. The highest BCUT2D eigenvalue weighted by Crippen LogP contribution is 2.77. The molecule has 240 valence electrons. The van der Waals surface area contributed by atoms with E-state index in [2.05, 4.69) is 6.92 Å². The number of hydrogen-bond acceptors (Lipinski definition) is 8. The SMILES string of the molecule is CCCCCCCCC(=O)O[C@@]12[C@H](OC(=O)c3ccccc3)[C@@H](C)[C@@]3(O)[C@@H](C=C(CO)C[C@]4(O)C(=O)C(C)=C[C@@H]34)[C@@H]1C2(C)C. The lowest BCUT2D eigenvalue weighted by Gasteiger charge is -2.53. The van der Waals surface area contributed by atoms with Gasteiger partial charge in [0.1, 0.15) is 11.7 Å². The molecule has 8 atom stereocenters. The van der Waals surface area contributed by atoms with Crippen molar-refractivity contribution in [2.45, 2.75) is 109 Å². The van der Waals surface area contributed by atoms with E-state index in [0.717, 1.165) is 25.7 Å². The van der Waals surface area contributed by atoms with E-state index in [9.17, 15) is 29.7 Å². The van der Waals surface area contributed by atoms with Gasteiger partial charge in [-0.2, -0.15) is 0 Å². The lowest BCUT2D eigenvalue weighted by Crippen LogP contribution is -2.66. The van der Waals surface area contributed by atoms with Crippen LogP contribution >= 0.6 is 0 Å². The summed E-state index contributed by atoms with van der Waals surface area (Å²) in [6.07, 6.45) is 8.54. The number of carbonyl (C=O) groups excluding carboxylic acids is 3. The van der Waals surface area contributed by atoms with Crippen molar-refractivity contribution in [3.63, 3.8) is 0 Å². The summed E-state index contributed by atoms with van der Waals surface area (Å²) in [4.78, 5) is 40.4. The fraction of sp³-hybridized carbons (Fsp3) is 0.639. The predicted molar refractivity (Wildman–Crippen MR) is 164 cm³/mol. The second kappa shape index (κ2) is 11.8. The number of hydrogen-bond donors (Lipinski definition) is 3. The van der Waals surface area contributed by atoms with Crippen LogP contribution < -0.4 is 0 Å². The van der Waals surface area contributed by atoms with Crippen LogP contribution in [0.1, 0.15) is 96.3 Å². The molecule has 0 unspecified atom stereocenters. The van der Waals surface area contributed by atoms with Gasteiger partial charge in [-0.05, 0) is 36.6 Å². The first-order valence-electron chi connectivity index (χ1n) is 16.3. The molecule has 2 saturated carbocycles. The fourth-order valence-electron chi connectivity index (χ4n) is 8.87. The van der Waals surface area contributed by atoms with Crippen molar-refractivity contribution in [2.24, 2.45) is 29.1 Å². The number of aliphatic hydroxyl groups excluding tert-OH is 1. The Morgan fingerprint density at radius 1 is 1.00 bits per heavy atom. The molecule has 0 aromatic heterocycles. The molecule has 0 saturated heterocycles. The molecular formula is C36H48O8. The highest BCUT2D eigenvalue weighted by Gasteiger charge is 2.88. The molecule has 0 aliphatic heterocycles. The van der Waals surface area contributed by atoms with Crippen LogP contribution in [0.5, 0.6) is 0 Å². The smallest absolute Gasteiger partial charge is 0.338 e. The largest absolute Gasteiger partial charge is 0.454 e. The third-order valence-corrected chi connectivity index (χ3v) is 11.2. The lowest BCUT2D eigenvalue weighted by molar-refractivity contribution is -0.219. The summed E-state index contributed by atoms with van der Waals surface area (Å²) < 4.78 is 12.7. The van der Waals surface area contributed by atoms with Gasteiger partial charge in [0.25, 0.3) is 0 Å². The number of fused-ring (bicyclic) bond motifs is 5. The molecule has 0 spiro atoms. The number of ether oxygens (including phenoxy) is 2. The predicted octanol–water partition coefficient (Wildman–Crippen LogP) is 5.10. The van der Waals surface area contributed by atoms with E-state index in [0.29, 0.717) is 23.1 Å². The Labute approximate surface area is 260 Å². The Morgan fingerprint density at radius 2 is 1.66 bits per heavy atom. The second-order valence-corrected chi connectivity index (χ2v) is 14.1. The van der Waals surface area contributed by atoms with E-state index >= 15 is 0 Å². The number of Topliss-reactive ketones (excluding diaryl/α,β-unsaturated/α-hetero) is 1. The average molecular weight is 609 g/mol. The van der Waals surface area contributed by atoms with Crippen molar-refractivity contribution in [2.75, 3.05) is 6.61 Å². The van der Waals surface area contributed by atoms with Crippen LogP contribution in [0.25, 0.3) is 0 Å². The van der Waals surface area contributed by atoms with Gasteiger partial charge >= 0.3 is 11.9 Å². The van der Waals surface area contributed by atoms with Gasteiger partial charge < -0.3 is 24.8 Å². The van der Waals surface area contributed by atoms with Crippen LogP contribution in [0.2, 0.25) is 0 Å². The minimum absolute atomic E-state index is 0.126. The van der Waals surface area contributed by atoms with Crippen molar-refractivity contribution in [1.82, 2.24) is 0 Å². The van der Waals surface area contributed by atoms with Gasteiger partial charge in [-0.25, -0.2) is 4.79 Å². The zero-order valence-corrected chi connectivity index (χ0v) is 26.7. The Kier molecular flexibility index (Phi) is 8.77. The highest BCUT2D eigenvalue weighted by molar-refractivity contribution is 6.04. The number of carbonyl (C=O) groups is 3. The van der Waals surface area contributed by atoms with Gasteiger partial charge in [-0.3, -0.25) is 9.59 Å². The Hall–Kier alpha value is -2.81. The number of benzene rings is 1. The van der Waals surface area contributed by atoms with E-state index < -0.39 is 70.4 Å². The quantitative estimate of drug-likeness (QED) is 0.180. The maximum absolute atomic E-state index is 13.6. The van der Waals surface area contributed by atoms with Gasteiger partial charge in [0.2, 0.25) is 0 Å². The second-order valence-electron chi connectivity index (χ2n) is 14.1. The summed E-state index contributed by atoms with van der Waals surface area (Å²) >= 11 is 0. The van der Waals surface area contributed by atoms with Crippen LogP contribution in [-0.4, -0.2) is 62.6 Å². The zero-order chi connectivity index (χ0) is 32.1. The van der Waals surface area contributed by atoms with Gasteiger partial charge in [0, 0.05) is 41.9 Å². The number of rotatable bonds is 11. The first kappa shape index (κ1) is 32.6. The normalized spacial score (nSPS) is 36.6. The molecule has 4 aliphatic rings. The highest BCUT2D eigenvalue weighted by atomic mass is 16.6. The molecular weight excluding hydrogens is 560 g/mol. The first-order chi connectivity index (χ1) is 20.8. The Morgan fingerprint density at radius 3 is 2.32 bits per heavy atom. The molecule has 1 aromatic rings. The van der Waals surface area contributed by atoms with E-state index in [1.165, 1.54) is 6.42 Å². The Balaban J connectivity index is 1.56. The van der Waals surface area contributed by atoms with E-state index in [4.69, 9.17) is 9.47 Å². The maximum Gasteiger partial charge on any atom is 0.338 e. The average Bonchev–Trinajstić information content (AvgIpc) is 3.42. The van der Waals surface area contributed by atoms with Crippen molar-refractivity contribution >= 4 is 17.7 Å². The molecule has 3 N–H and O–H groups in total. The van der Waals surface area contributed by atoms with Gasteiger partial charge in [0.05, 0.1) is 17.8 Å². The molecule has 1 aromatic carbocycles. The molecule has 5 rings (SSSR count). The third-order valence-electron chi connectivity index (χ3n) is 11.2. The topological polar surface area (TPSA) is 130 Å². The minimum atomic E-state index is -1.96. The minimum Gasteiger partial charge on any atom is -0.454 e. The third kappa shape index (κ3) is 4.88. The molecule has 0 amide bonds.